The molecule has 0 saturated heterocycles. The fraction of sp³-hybridized carbons (Fsp3) is 0.312. The molecule has 21 heavy (non-hydrogen) atoms. The number of hydrogen-bond acceptors (Lipinski definition) is 5. The van der Waals surface area contributed by atoms with Crippen molar-refractivity contribution in [3.63, 3.8) is 0 Å². The third-order valence-corrected chi connectivity index (χ3v) is 3.29. The molecule has 0 N–H and O–H groups in total. The molecule has 3 rings (SSSR count). The van der Waals surface area contributed by atoms with Gasteiger partial charge >= 0.3 is 5.63 Å². The van der Waals surface area contributed by atoms with E-state index in [4.69, 9.17) is 9.15 Å². The summed E-state index contributed by atoms with van der Waals surface area (Å²) < 4.78 is 10.6. The van der Waals surface area contributed by atoms with Crippen LogP contribution in [0.3, 0.4) is 0 Å². The molecule has 3 aromatic rings. The Morgan fingerprint density at radius 3 is 2.95 bits per heavy atom. The maximum Gasteiger partial charge on any atom is 0.364 e. The summed E-state index contributed by atoms with van der Waals surface area (Å²) in [6.45, 7) is 3.35. The van der Waals surface area contributed by atoms with E-state index in [0.29, 0.717) is 29.8 Å². The van der Waals surface area contributed by atoms with Crippen LogP contribution in [0.25, 0.3) is 22.0 Å². The molecule has 0 atom stereocenters. The maximum atomic E-state index is 12.0. The zero-order valence-corrected chi connectivity index (χ0v) is 11.8. The highest BCUT2D eigenvalue weighted by molar-refractivity contribution is 5.99. The minimum absolute atomic E-state index is 0.294. The standard InChI is InChI=1S/C16H16N2O3/c1-2-20-9-5-6-11-10-17-14-12-7-3-4-8-13(12)21-16(19)15(14)18-11/h3-4,7-8,10H,2,5-6,9H2,1H3. The summed E-state index contributed by atoms with van der Waals surface area (Å²) in [4.78, 5) is 20.8. The molecule has 0 spiro atoms. The highest BCUT2D eigenvalue weighted by Crippen LogP contribution is 2.19. The molecule has 0 aliphatic carbocycles. The van der Waals surface area contributed by atoms with Crippen molar-refractivity contribution < 1.29 is 9.15 Å². The van der Waals surface area contributed by atoms with E-state index in [-0.39, 0.29) is 0 Å². The second-order valence-corrected chi connectivity index (χ2v) is 4.74. The fourth-order valence-corrected chi connectivity index (χ4v) is 2.28. The highest BCUT2D eigenvalue weighted by Gasteiger charge is 2.10. The zero-order chi connectivity index (χ0) is 14.7. The average molecular weight is 284 g/mol. The Morgan fingerprint density at radius 2 is 2.10 bits per heavy atom. The number of ether oxygens (including phenoxy) is 1. The third kappa shape index (κ3) is 2.78. The van der Waals surface area contributed by atoms with Gasteiger partial charge in [0.1, 0.15) is 11.1 Å². The zero-order valence-electron chi connectivity index (χ0n) is 11.8. The van der Waals surface area contributed by atoms with Gasteiger partial charge in [-0.1, -0.05) is 12.1 Å². The van der Waals surface area contributed by atoms with E-state index < -0.39 is 5.63 Å². The lowest BCUT2D eigenvalue weighted by atomic mass is 10.2. The maximum absolute atomic E-state index is 12.0. The molecule has 0 amide bonds. The predicted molar refractivity (Wildman–Crippen MR) is 80.4 cm³/mol. The number of nitrogens with zero attached hydrogens (tertiary/aromatic N) is 2. The van der Waals surface area contributed by atoms with E-state index in [1.807, 2.05) is 25.1 Å². The molecule has 2 heterocycles. The van der Waals surface area contributed by atoms with Crippen molar-refractivity contribution in [1.82, 2.24) is 9.97 Å². The van der Waals surface area contributed by atoms with Crippen molar-refractivity contribution >= 4 is 22.0 Å². The van der Waals surface area contributed by atoms with Crippen LogP contribution in [0.4, 0.5) is 0 Å². The number of hydrogen-bond donors (Lipinski definition) is 0. The SMILES string of the molecule is CCOCCCc1cnc2c(n1)c(=O)oc1ccccc12. The summed E-state index contributed by atoms with van der Waals surface area (Å²) in [5.41, 5.74) is 1.76. The van der Waals surface area contributed by atoms with Crippen molar-refractivity contribution in [3.8, 4) is 0 Å². The molecule has 0 aliphatic rings. The molecule has 0 bridgehead atoms. The summed E-state index contributed by atoms with van der Waals surface area (Å²) >= 11 is 0. The lowest BCUT2D eigenvalue weighted by Gasteiger charge is -2.04. The van der Waals surface area contributed by atoms with Crippen molar-refractivity contribution in [2.24, 2.45) is 0 Å². The molecule has 0 fully saturated rings. The van der Waals surface area contributed by atoms with Gasteiger partial charge in [0.15, 0.2) is 5.52 Å². The van der Waals surface area contributed by atoms with Crippen LogP contribution in [0.1, 0.15) is 19.0 Å². The Morgan fingerprint density at radius 1 is 1.24 bits per heavy atom. The summed E-state index contributed by atoms with van der Waals surface area (Å²) in [6, 6.07) is 7.35. The molecule has 5 heteroatoms. The van der Waals surface area contributed by atoms with Crippen LogP contribution in [0.2, 0.25) is 0 Å². The summed E-state index contributed by atoms with van der Waals surface area (Å²) in [5, 5.41) is 0.806. The van der Waals surface area contributed by atoms with Gasteiger partial charge in [-0.15, -0.1) is 0 Å². The van der Waals surface area contributed by atoms with Gasteiger partial charge in [-0.05, 0) is 31.9 Å². The Bertz CT molecular complexity index is 826. The summed E-state index contributed by atoms with van der Waals surface area (Å²) in [7, 11) is 0. The smallest absolute Gasteiger partial charge is 0.364 e. The molecule has 5 nitrogen and oxygen atoms in total. The van der Waals surface area contributed by atoms with Gasteiger partial charge in [-0.25, -0.2) is 9.78 Å². The molecule has 0 aliphatic heterocycles. The Kier molecular flexibility index (Phi) is 3.92. The Labute approximate surface area is 121 Å². The van der Waals surface area contributed by atoms with Crippen LogP contribution >= 0.6 is 0 Å². The van der Waals surface area contributed by atoms with Crippen LogP contribution in [0.5, 0.6) is 0 Å². The Balaban J connectivity index is 2.00. The van der Waals surface area contributed by atoms with Gasteiger partial charge in [0.05, 0.1) is 5.69 Å². The normalized spacial score (nSPS) is 11.3. The fourth-order valence-electron chi connectivity index (χ4n) is 2.28. The molecular formula is C16H16N2O3. The second kappa shape index (κ2) is 6.01. The summed E-state index contributed by atoms with van der Waals surface area (Å²) in [5.74, 6) is 0. The van der Waals surface area contributed by atoms with Crippen molar-refractivity contribution in [2.75, 3.05) is 13.2 Å². The third-order valence-electron chi connectivity index (χ3n) is 3.29. The number of para-hydroxylation sites is 1. The number of fused-ring (bicyclic) bond motifs is 3. The van der Waals surface area contributed by atoms with Gasteiger partial charge in [0.25, 0.3) is 0 Å². The first-order valence-corrected chi connectivity index (χ1v) is 7.05. The predicted octanol–water partition coefficient (Wildman–Crippen LogP) is 2.71. The first-order valence-electron chi connectivity index (χ1n) is 7.05. The molecule has 0 saturated carbocycles. The van der Waals surface area contributed by atoms with Crippen LogP contribution < -0.4 is 5.63 Å². The van der Waals surface area contributed by atoms with Crippen molar-refractivity contribution in [2.45, 2.75) is 19.8 Å². The monoisotopic (exact) mass is 284 g/mol. The Hall–Kier alpha value is -2.27. The quantitative estimate of drug-likeness (QED) is 0.409. The molecule has 108 valence electrons. The van der Waals surface area contributed by atoms with Crippen LogP contribution in [0, 0.1) is 0 Å². The van der Waals surface area contributed by atoms with Gasteiger partial charge in [-0.3, -0.25) is 4.98 Å². The number of aromatic nitrogens is 2. The van der Waals surface area contributed by atoms with Crippen LogP contribution in [-0.4, -0.2) is 23.2 Å². The van der Waals surface area contributed by atoms with E-state index in [1.165, 1.54) is 0 Å². The van der Waals surface area contributed by atoms with E-state index in [0.717, 1.165) is 23.9 Å². The lowest BCUT2D eigenvalue weighted by Crippen LogP contribution is -2.06. The largest absolute Gasteiger partial charge is 0.421 e. The van der Waals surface area contributed by atoms with Gasteiger partial charge < -0.3 is 9.15 Å². The second-order valence-electron chi connectivity index (χ2n) is 4.74. The molecule has 0 unspecified atom stereocenters. The van der Waals surface area contributed by atoms with E-state index in [2.05, 4.69) is 9.97 Å². The van der Waals surface area contributed by atoms with Crippen molar-refractivity contribution in [1.29, 1.82) is 0 Å². The van der Waals surface area contributed by atoms with E-state index in [9.17, 15) is 4.79 Å². The number of aryl methyl sites for hydroxylation is 1. The van der Waals surface area contributed by atoms with E-state index >= 15 is 0 Å². The first-order chi connectivity index (χ1) is 10.3. The molecular weight excluding hydrogens is 268 g/mol. The summed E-state index contributed by atoms with van der Waals surface area (Å²) in [6.07, 6.45) is 3.31. The first kappa shape index (κ1) is 13.7. The van der Waals surface area contributed by atoms with Gasteiger partial charge in [0, 0.05) is 24.8 Å². The molecule has 1 aromatic carbocycles. The number of rotatable bonds is 5. The van der Waals surface area contributed by atoms with Crippen LogP contribution in [0.15, 0.2) is 39.7 Å². The van der Waals surface area contributed by atoms with Crippen molar-refractivity contribution in [3.05, 3.63) is 46.6 Å². The number of benzene rings is 1. The van der Waals surface area contributed by atoms with Gasteiger partial charge in [0.2, 0.25) is 0 Å². The van der Waals surface area contributed by atoms with Gasteiger partial charge in [-0.2, -0.15) is 0 Å². The van der Waals surface area contributed by atoms with Crippen LogP contribution in [-0.2, 0) is 11.2 Å². The molecule has 0 radical (unpaired) electrons. The minimum Gasteiger partial charge on any atom is -0.421 e. The minimum atomic E-state index is -0.442. The average Bonchev–Trinajstić information content (AvgIpc) is 2.52. The van der Waals surface area contributed by atoms with E-state index in [1.54, 1.807) is 12.3 Å². The highest BCUT2D eigenvalue weighted by atomic mass is 16.5. The topological polar surface area (TPSA) is 65.2 Å². The molecule has 2 aromatic heterocycles. The lowest BCUT2D eigenvalue weighted by molar-refractivity contribution is 0.145.